The highest BCUT2D eigenvalue weighted by atomic mass is 35.5. The third-order valence-corrected chi connectivity index (χ3v) is 6.49. The van der Waals surface area contributed by atoms with E-state index in [9.17, 15) is 4.79 Å². The maximum absolute atomic E-state index is 13.3. The molecule has 0 amide bonds. The molecule has 1 saturated carbocycles. The Morgan fingerprint density at radius 2 is 2.00 bits per heavy atom. The van der Waals surface area contributed by atoms with Crippen molar-refractivity contribution in [2.75, 3.05) is 24.3 Å². The molecule has 2 aromatic rings. The molecule has 1 fully saturated rings. The van der Waals surface area contributed by atoms with E-state index in [1.165, 1.54) is 19.3 Å². The zero-order valence-corrected chi connectivity index (χ0v) is 19.0. The van der Waals surface area contributed by atoms with Crippen molar-refractivity contribution in [3.63, 3.8) is 0 Å². The molecule has 31 heavy (non-hydrogen) atoms. The molecule has 0 saturated heterocycles. The Kier molecular flexibility index (Phi) is 6.14. The molecule has 0 spiro atoms. The summed E-state index contributed by atoms with van der Waals surface area (Å²) >= 11 is 6.38. The van der Waals surface area contributed by atoms with Gasteiger partial charge >= 0.3 is 0 Å². The van der Waals surface area contributed by atoms with Gasteiger partial charge in [0.15, 0.2) is 5.78 Å². The molecule has 1 aliphatic heterocycles. The third kappa shape index (κ3) is 4.24. The van der Waals surface area contributed by atoms with Gasteiger partial charge in [-0.2, -0.15) is 4.98 Å². The minimum absolute atomic E-state index is 0.0485. The molecule has 2 aliphatic rings. The number of anilines is 2. The number of carbonyl (C=O) groups is 1. The van der Waals surface area contributed by atoms with Crippen LogP contribution in [0.5, 0.6) is 5.75 Å². The van der Waals surface area contributed by atoms with Crippen LogP contribution in [-0.2, 0) is 6.54 Å². The average molecular weight is 442 g/mol. The monoisotopic (exact) mass is 441 g/mol. The lowest BCUT2D eigenvalue weighted by atomic mass is 9.86. The summed E-state index contributed by atoms with van der Waals surface area (Å²) in [6, 6.07) is 0. The molecule has 2 N–H and O–H groups in total. The molecule has 0 bridgehead atoms. The summed E-state index contributed by atoms with van der Waals surface area (Å²) in [4.78, 5) is 28.3. The van der Waals surface area contributed by atoms with Crippen molar-refractivity contribution in [1.29, 1.82) is 0 Å². The number of aromatic nitrogens is 3. The van der Waals surface area contributed by atoms with Gasteiger partial charge in [0.2, 0.25) is 5.95 Å². The fraction of sp³-hybridized carbons (Fsp3) is 0.478. The number of methoxy groups -OCH3 is 1. The minimum Gasteiger partial charge on any atom is -0.496 e. The van der Waals surface area contributed by atoms with E-state index in [4.69, 9.17) is 22.1 Å². The molecule has 3 heterocycles. The normalized spacial score (nSPS) is 18.4. The van der Waals surface area contributed by atoms with Crippen LogP contribution in [-0.4, -0.2) is 34.4 Å². The van der Waals surface area contributed by atoms with Crippen molar-refractivity contribution < 1.29 is 9.53 Å². The first-order valence-corrected chi connectivity index (χ1v) is 11.1. The van der Waals surface area contributed by atoms with Gasteiger partial charge in [-0.3, -0.25) is 9.78 Å². The van der Waals surface area contributed by atoms with Crippen LogP contribution in [0, 0.1) is 19.8 Å². The quantitative estimate of drug-likeness (QED) is 0.553. The van der Waals surface area contributed by atoms with Crippen LogP contribution in [0.2, 0.25) is 5.15 Å². The SMILES string of the molecule is COc1c(C)cnc(CN2CC(=CC3CCCCC3)C(=O)c3c(Cl)nc(N)nc32)c1C. The molecule has 164 valence electrons. The van der Waals surface area contributed by atoms with E-state index in [-0.39, 0.29) is 16.9 Å². The number of rotatable bonds is 4. The number of nitrogens with zero attached hydrogens (tertiary/aromatic N) is 4. The number of allylic oxidation sites excluding steroid dienone is 1. The summed E-state index contributed by atoms with van der Waals surface area (Å²) in [6.07, 6.45) is 9.85. The smallest absolute Gasteiger partial charge is 0.223 e. The van der Waals surface area contributed by atoms with E-state index < -0.39 is 0 Å². The number of ether oxygens (including phenoxy) is 1. The summed E-state index contributed by atoms with van der Waals surface area (Å²) in [7, 11) is 1.66. The lowest BCUT2D eigenvalue weighted by molar-refractivity contribution is 0.102. The molecule has 8 heteroatoms. The van der Waals surface area contributed by atoms with Crippen molar-refractivity contribution in [3.8, 4) is 5.75 Å². The lowest BCUT2D eigenvalue weighted by Crippen LogP contribution is -2.36. The van der Waals surface area contributed by atoms with E-state index in [1.54, 1.807) is 13.3 Å². The highest BCUT2D eigenvalue weighted by Gasteiger charge is 2.33. The van der Waals surface area contributed by atoms with E-state index in [0.29, 0.717) is 30.4 Å². The molecule has 2 aromatic heterocycles. The summed E-state index contributed by atoms with van der Waals surface area (Å²) < 4.78 is 5.56. The van der Waals surface area contributed by atoms with Crippen LogP contribution >= 0.6 is 11.6 Å². The molecular formula is C23H28ClN5O2. The first-order valence-electron chi connectivity index (χ1n) is 10.7. The Balaban J connectivity index is 1.75. The largest absolute Gasteiger partial charge is 0.496 e. The topological polar surface area (TPSA) is 94.2 Å². The first kappa shape index (κ1) is 21.6. The van der Waals surface area contributed by atoms with Gasteiger partial charge < -0.3 is 15.4 Å². The van der Waals surface area contributed by atoms with Gasteiger partial charge in [-0.25, -0.2) is 4.98 Å². The molecule has 0 atom stereocenters. The van der Waals surface area contributed by atoms with Gasteiger partial charge in [0, 0.05) is 29.4 Å². The van der Waals surface area contributed by atoms with Crippen molar-refractivity contribution in [1.82, 2.24) is 15.0 Å². The fourth-order valence-corrected chi connectivity index (χ4v) is 4.89. The Bertz CT molecular complexity index is 1050. The van der Waals surface area contributed by atoms with Crippen LogP contribution < -0.4 is 15.4 Å². The molecule has 4 rings (SSSR count). The molecule has 7 nitrogen and oxygen atoms in total. The Labute approximate surface area is 187 Å². The highest BCUT2D eigenvalue weighted by molar-refractivity contribution is 6.35. The fourth-order valence-electron chi connectivity index (χ4n) is 4.63. The predicted octanol–water partition coefficient (Wildman–Crippen LogP) is 4.44. The average Bonchev–Trinajstić information content (AvgIpc) is 2.74. The van der Waals surface area contributed by atoms with Gasteiger partial charge in [0.1, 0.15) is 22.3 Å². The standard InChI is InChI=1S/C23H28ClN5O2/c1-13-10-26-17(14(2)20(13)31-3)12-29-11-16(9-15-7-5-4-6-8-15)19(30)18-21(24)27-23(25)28-22(18)29/h9-10,15H,4-8,11-12H2,1-3H3,(H2,25,27,28). The molecule has 0 radical (unpaired) electrons. The van der Waals surface area contributed by atoms with Crippen LogP contribution in [0.25, 0.3) is 0 Å². The number of aryl methyl sites for hydroxylation is 1. The number of fused-ring (bicyclic) bond motifs is 1. The van der Waals surface area contributed by atoms with E-state index in [2.05, 4.69) is 21.0 Å². The van der Waals surface area contributed by atoms with Gasteiger partial charge in [0.05, 0.1) is 19.3 Å². The van der Waals surface area contributed by atoms with Crippen LogP contribution in [0.1, 0.15) is 59.3 Å². The highest BCUT2D eigenvalue weighted by Crippen LogP contribution is 2.36. The van der Waals surface area contributed by atoms with E-state index >= 15 is 0 Å². The van der Waals surface area contributed by atoms with Gasteiger partial charge in [-0.05, 0) is 32.6 Å². The van der Waals surface area contributed by atoms with E-state index in [1.807, 2.05) is 18.7 Å². The third-order valence-electron chi connectivity index (χ3n) is 6.22. The van der Waals surface area contributed by atoms with E-state index in [0.717, 1.165) is 41.0 Å². The molecular weight excluding hydrogens is 414 g/mol. The maximum Gasteiger partial charge on any atom is 0.223 e. The summed E-state index contributed by atoms with van der Waals surface area (Å²) in [5.74, 6) is 1.64. The van der Waals surface area contributed by atoms with Crippen molar-refractivity contribution >= 4 is 29.2 Å². The number of nitrogen functional groups attached to an aromatic ring is 1. The minimum atomic E-state index is -0.104. The second-order valence-corrected chi connectivity index (χ2v) is 8.75. The summed E-state index contributed by atoms with van der Waals surface area (Å²) in [5, 5.41) is 0.0953. The Morgan fingerprint density at radius 1 is 1.26 bits per heavy atom. The maximum atomic E-state index is 13.3. The van der Waals surface area contributed by atoms with Crippen molar-refractivity contribution in [2.24, 2.45) is 5.92 Å². The first-order chi connectivity index (χ1) is 14.9. The van der Waals surface area contributed by atoms with Crippen molar-refractivity contribution in [2.45, 2.75) is 52.5 Å². The molecule has 1 aliphatic carbocycles. The number of ketones is 1. The number of nitrogens with two attached hydrogens (primary N) is 1. The number of halogens is 1. The predicted molar refractivity (Wildman–Crippen MR) is 122 cm³/mol. The zero-order chi connectivity index (χ0) is 22.1. The molecule has 0 aromatic carbocycles. The summed E-state index contributed by atoms with van der Waals surface area (Å²) in [5.41, 5.74) is 9.73. The van der Waals surface area contributed by atoms with Crippen LogP contribution in [0.4, 0.5) is 11.8 Å². The number of pyridine rings is 1. The zero-order valence-electron chi connectivity index (χ0n) is 18.2. The lowest BCUT2D eigenvalue weighted by Gasteiger charge is -2.32. The number of hydrogen-bond donors (Lipinski definition) is 1. The Hall–Kier alpha value is -2.67. The van der Waals surface area contributed by atoms with Gasteiger partial charge in [-0.15, -0.1) is 0 Å². The number of Topliss-reactive ketones (excluding diaryl/α,β-unsaturated/α-hetero) is 1. The van der Waals surface area contributed by atoms with Crippen LogP contribution in [0.15, 0.2) is 17.8 Å². The van der Waals surface area contributed by atoms with Gasteiger partial charge in [-0.1, -0.05) is 36.9 Å². The second kappa shape index (κ2) is 8.83. The van der Waals surface area contributed by atoms with Crippen LogP contribution in [0.3, 0.4) is 0 Å². The summed E-state index contributed by atoms with van der Waals surface area (Å²) in [6.45, 7) is 4.85. The Morgan fingerprint density at radius 3 is 2.71 bits per heavy atom. The second-order valence-electron chi connectivity index (χ2n) is 8.39. The van der Waals surface area contributed by atoms with Gasteiger partial charge in [0.25, 0.3) is 0 Å². The van der Waals surface area contributed by atoms with Crippen molar-refractivity contribution in [3.05, 3.63) is 45.4 Å². The molecule has 0 unspecified atom stereocenters. The number of carbonyl (C=O) groups excluding carboxylic acids is 1. The number of hydrogen-bond acceptors (Lipinski definition) is 7.